The average molecular weight is 416 g/mol. The van der Waals surface area contributed by atoms with Crippen LogP contribution in [0.3, 0.4) is 0 Å². The van der Waals surface area contributed by atoms with Gasteiger partial charge >= 0.3 is 0 Å². The third-order valence-electron chi connectivity index (χ3n) is 5.87. The zero-order valence-electron chi connectivity index (χ0n) is 17.2. The second-order valence-electron chi connectivity index (χ2n) is 7.68. The van der Waals surface area contributed by atoms with E-state index in [1.54, 1.807) is 18.3 Å². The molecule has 8 nitrogen and oxygen atoms in total. The minimum absolute atomic E-state index is 0.284. The number of anilines is 4. The molecule has 2 aromatic carbocycles. The van der Waals surface area contributed by atoms with E-state index >= 15 is 0 Å². The number of phenols is 1. The summed E-state index contributed by atoms with van der Waals surface area (Å²) in [6.07, 6.45) is 4.03. The molecular formula is C23H25N7O. The van der Waals surface area contributed by atoms with Gasteiger partial charge in [-0.25, -0.2) is 9.98 Å². The quantitative estimate of drug-likeness (QED) is 0.500. The van der Waals surface area contributed by atoms with Gasteiger partial charge in [0.05, 0.1) is 12.5 Å². The van der Waals surface area contributed by atoms with Crippen molar-refractivity contribution < 1.29 is 5.11 Å². The van der Waals surface area contributed by atoms with Gasteiger partial charge in [-0.2, -0.15) is 4.98 Å². The van der Waals surface area contributed by atoms with Crippen molar-refractivity contribution >= 4 is 35.2 Å². The van der Waals surface area contributed by atoms with E-state index < -0.39 is 0 Å². The molecule has 0 unspecified atom stereocenters. The number of phenolic OH excluding ortho intramolecular Hbond substituents is 1. The molecule has 0 bridgehead atoms. The summed E-state index contributed by atoms with van der Waals surface area (Å²) in [7, 11) is 0. The molecule has 2 aliphatic heterocycles. The van der Waals surface area contributed by atoms with Crippen molar-refractivity contribution in [2.45, 2.75) is 6.42 Å². The van der Waals surface area contributed by atoms with Gasteiger partial charge in [-0.05, 0) is 42.3 Å². The smallest absolute Gasteiger partial charge is 0.227 e. The van der Waals surface area contributed by atoms with Crippen molar-refractivity contribution in [3.8, 4) is 5.75 Å². The zero-order chi connectivity index (χ0) is 21.2. The maximum Gasteiger partial charge on any atom is 0.227 e. The summed E-state index contributed by atoms with van der Waals surface area (Å²) in [6, 6.07) is 15.7. The number of rotatable bonds is 4. The van der Waals surface area contributed by atoms with Crippen LogP contribution < -0.4 is 20.4 Å². The Morgan fingerprint density at radius 2 is 1.68 bits per heavy atom. The molecule has 3 N–H and O–H groups in total. The van der Waals surface area contributed by atoms with Gasteiger partial charge in [-0.15, -0.1) is 0 Å². The summed E-state index contributed by atoms with van der Waals surface area (Å²) in [5, 5.41) is 9.52. The van der Waals surface area contributed by atoms with Gasteiger partial charge in [0.2, 0.25) is 5.95 Å². The third kappa shape index (κ3) is 3.72. The zero-order valence-corrected chi connectivity index (χ0v) is 17.2. The molecule has 0 spiro atoms. The topological polar surface area (TPSA) is 94.1 Å². The first-order valence-corrected chi connectivity index (χ1v) is 10.5. The summed E-state index contributed by atoms with van der Waals surface area (Å²) in [5.41, 5.74) is 9.85. The number of benzene rings is 2. The molecule has 31 heavy (non-hydrogen) atoms. The van der Waals surface area contributed by atoms with Crippen LogP contribution in [0.5, 0.6) is 5.75 Å². The number of aliphatic imine (C=N–C) groups is 1. The number of nitrogens with two attached hydrogens (primary N) is 1. The molecule has 1 fully saturated rings. The maximum absolute atomic E-state index is 9.52. The Morgan fingerprint density at radius 3 is 2.45 bits per heavy atom. The van der Waals surface area contributed by atoms with Crippen molar-refractivity contribution in [3.63, 3.8) is 0 Å². The van der Waals surface area contributed by atoms with Crippen LogP contribution >= 0.6 is 0 Å². The summed E-state index contributed by atoms with van der Waals surface area (Å²) < 4.78 is 0. The summed E-state index contributed by atoms with van der Waals surface area (Å²) in [4.78, 5) is 20.5. The van der Waals surface area contributed by atoms with Crippen LogP contribution in [-0.2, 0) is 6.42 Å². The molecule has 0 atom stereocenters. The average Bonchev–Trinajstić information content (AvgIpc) is 3.24. The first-order valence-electron chi connectivity index (χ1n) is 10.5. The van der Waals surface area contributed by atoms with Gasteiger partial charge in [0.15, 0.2) is 5.82 Å². The van der Waals surface area contributed by atoms with Crippen molar-refractivity contribution in [3.05, 3.63) is 60.3 Å². The molecule has 3 heterocycles. The number of piperazine rings is 1. The van der Waals surface area contributed by atoms with E-state index in [-0.39, 0.29) is 5.75 Å². The van der Waals surface area contributed by atoms with E-state index in [9.17, 15) is 5.11 Å². The van der Waals surface area contributed by atoms with E-state index in [0.717, 1.165) is 56.3 Å². The molecule has 1 aromatic heterocycles. The highest BCUT2D eigenvalue weighted by Gasteiger charge is 2.26. The van der Waals surface area contributed by atoms with Crippen LogP contribution in [0.15, 0.2) is 59.7 Å². The second kappa shape index (κ2) is 8.14. The van der Waals surface area contributed by atoms with Gasteiger partial charge in [-0.3, -0.25) is 0 Å². The Hall–Kier alpha value is -3.81. The number of aromatic nitrogens is 2. The number of fused-ring (bicyclic) bond motifs is 1. The first-order chi connectivity index (χ1) is 15.2. The Labute approximate surface area is 181 Å². The lowest BCUT2D eigenvalue weighted by molar-refractivity contribution is 0.475. The summed E-state index contributed by atoms with van der Waals surface area (Å²) in [5.74, 6) is 1.78. The molecule has 0 radical (unpaired) electrons. The fourth-order valence-corrected chi connectivity index (χ4v) is 4.27. The Bertz CT molecular complexity index is 1090. The number of hydrogen-bond donors (Lipinski definition) is 2. The third-order valence-corrected chi connectivity index (χ3v) is 5.87. The lowest BCUT2D eigenvalue weighted by Gasteiger charge is -2.36. The lowest BCUT2D eigenvalue weighted by Crippen LogP contribution is -2.47. The van der Waals surface area contributed by atoms with Gasteiger partial charge in [0.25, 0.3) is 0 Å². The van der Waals surface area contributed by atoms with E-state index in [1.807, 2.05) is 18.2 Å². The fourth-order valence-electron chi connectivity index (χ4n) is 4.27. The Morgan fingerprint density at radius 1 is 0.935 bits per heavy atom. The van der Waals surface area contributed by atoms with Crippen molar-refractivity contribution in [1.29, 1.82) is 0 Å². The molecule has 8 heteroatoms. The predicted octanol–water partition coefficient (Wildman–Crippen LogP) is 2.82. The monoisotopic (exact) mass is 415 g/mol. The predicted molar refractivity (Wildman–Crippen MR) is 124 cm³/mol. The minimum Gasteiger partial charge on any atom is -0.508 e. The van der Waals surface area contributed by atoms with Gasteiger partial charge < -0.3 is 25.5 Å². The number of nitrogens with zero attached hydrogens (tertiary/aromatic N) is 6. The molecule has 2 aliphatic rings. The van der Waals surface area contributed by atoms with Crippen molar-refractivity contribution in [2.75, 3.05) is 47.4 Å². The molecule has 1 saturated heterocycles. The van der Waals surface area contributed by atoms with Gasteiger partial charge in [0, 0.05) is 44.1 Å². The standard InChI is InChI=1S/C23H25N7O/c24-16-26-20-15-25-23(27-22(20)30-10-9-17-3-1-2-4-21(17)30)29-13-11-28(12-14-29)18-5-7-19(31)8-6-18/h1-8,15-16,31H,9-14H2,(H2,24,26). The van der Waals surface area contributed by atoms with E-state index in [2.05, 4.69) is 42.9 Å². The summed E-state index contributed by atoms with van der Waals surface area (Å²) >= 11 is 0. The molecular weight excluding hydrogens is 390 g/mol. The SMILES string of the molecule is NC=Nc1cnc(N2CCN(c3ccc(O)cc3)CC2)nc1N1CCc2ccccc21. The highest BCUT2D eigenvalue weighted by Crippen LogP contribution is 2.38. The first kappa shape index (κ1) is 19.2. The van der Waals surface area contributed by atoms with Crippen LogP contribution in [0.1, 0.15) is 5.56 Å². The van der Waals surface area contributed by atoms with Crippen LogP contribution in [-0.4, -0.2) is 54.1 Å². The van der Waals surface area contributed by atoms with Crippen LogP contribution in [0.2, 0.25) is 0 Å². The maximum atomic E-state index is 9.52. The fraction of sp³-hybridized carbons (Fsp3) is 0.261. The number of aromatic hydroxyl groups is 1. The highest BCUT2D eigenvalue weighted by molar-refractivity contribution is 5.77. The van der Waals surface area contributed by atoms with Crippen LogP contribution in [0, 0.1) is 0 Å². The molecule has 158 valence electrons. The molecule has 3 aromatic rings. The van der Waals surface area contributed by atoms with Crippen molar-refractivity contribution in [2.24, 2.45) is 10.7 Å². The van der Waals surface area contributed by atoms with Gasteiger partial charge in [0.1, 0.15) is 11.4 Å². The van der Waals surface area contributed by atoms with Crippen molar-refractivity contribution in [1.82, 2.24) is 9.97 Å². The van der Waals surface area contributed by atoms with E-state index in [4.69, 9.17) is 10.7 Å². The second-order valence-corrected chi connectivity index (χ2v) is 7.68. The minimum atomic E-state index is 0.284. The highest BCUT2D eigenvalue weighted by atomic mass is 16.3. The lowest BCUT2D eigenvalue weighted by atomic mass is 10.2. The van der Waals surface area contributed by atoms with E-state index in [1.165, 1.54) is 11.9 Å². The number of para-hydroxylation sites is 1. The normalized spacial score (nSPS) is 16.2. The Kier molecular flexibility index (Phi) is 5.03. The molecule has 5 rings (SSSR count). The molecule has 0 aliphatic carbocycles. The molecule has 0 saturated carbocycles. The van der Waals surface area contributed by atoms with Gasteiger partial charge in [-0.1, -0.05) is 18.2 Å². The van der Waals surface area contributed by atoms with E-state index in [0.29, 0.717) is 11.6 Å². The van der Waals surface area contributed by atoms with Crippen LogP contribution in [0.25, 0.3) is 0 Å². The number of hydrogen-bond acceptors (Lipinski definition) is 7. The van der Waals surface area contributed by atoms with Crippen LogP contribution in [0.4, 0.5) is 28.8 Å². The Balaban J connectivity index is 1.38. The molecule has 0 amide bonds. The summed E-state index contributed by atoms with van der Waals surface area (Å²) in [6.45, 7) is 4.21. The largest absolute Gasteiger partial charge is 0.508 e.